The van der Waals surface area contributed by atoms with E-state index in [9.17, 15) is 29.3 Å². The van der Waals surface area contributed by atoms with Crippen molar-refractivity contribution in [3.05, 3.63) is 33.4 Å². The van der Waals surface area contributed by atoms with Gasteiger partial charge in [0.25, 0.3) is 11.1 Å². The molecular formula is C20H24N10O12P2S2. The number of rotatable bonds is 2. The van der Waals surface area contributed by atoms with Crippen LogP contribution in [0.25, 0.3) is 22.3 Å². The lowest BCUT2D eigenvalue weighted by molar-refractivity contribution is -0.0577. The Balaban J connectivity index is 1.18. The number of nitrogens with one attached hydrogen (secondary N) is 2. The van der Waals surface area contributed by atoms with Crippen LogP contribution in [0.5, 0.6) is 0 Å². The topological polar surface area (TPSA) is 312 Å². The Kier molecular flexibility index (Phi) is 7.87. The van der Waals surface area contributed by atoms with Crippen molar-refractivity contribution < 1.29 is 47.2 Å². The number of imidazole rings is 2. The highest BCUT2D eigenvalue weighted by atomic mass is 32.7. The summed E-state index contributed by atoms with van der Waals surface area (Å²) in [5, 5.41) is 22.5. The summed E-state index contributed by atoms with van der Waals surface area (Å²) in [5.74, 6) is -0.450. The molecule has 0 aromatic carbocycles. The van der Waals surface area contributed by atoms with Gasteiger partial charge in [0.15, 0.2) is 34.8 Å². The highest BCUT2D eigenvalue weighted by Gasteiger charge is 2.53. The second kappa shape index (κ2) is 11.4. The molecule has 0 bridgehead atoms. The number of ether oxygens (including phenoxy) is 2. The zero-order valence-corrected chi connectivity index (χ0v) is 26.3. The van der Waals surface area contributed by atoms with Crippen molar-refractivity contribution >= 4 is 71.8 Å². The number of nitrogens with zero attached hydrogens (tertiary/aromatic N) is 6. The second-order valence-electron chi connectivity index (χ2n) is 10.3. The first-order valence-electron chi connectivity index (χ1n) is 13.1. The van der Waals surface area contributed by atoms with E-state index in [-0.39, 0.29) is 34.2 Å². The molecule has 7 rings (SSSR count). The summed E-state index contributed by atoms with van der Waals surface area (Å²) in [7, 11) is 0. The number of hydrogen-bond acceptors (Lipinski definition) is 18. The average Bonchev–Trinajstić information content (AvgIpc) is 3.72. The summed E-state index contributed by atoms with van der Waals surface area (Å²) in [6, 6.07) is 0. The van der Waals surface area contributed by atoms with E-state index in [2.05, 4.69) is 42.2 Å². The van der Waals surface area contributed by atoms with Crippen LogP contribution in [0.2, 0.25) is 0 Å². The van der Waals surface area contributed by atoms with E-state index in [1.54, 1.807) is 0 Å². The molecule has 0 amide bonds. The summed E-state index contributed by atoms with van der Waals surface area (Å²) in [5.41, 5.74) is 9.79. The summed E-state index contributed by atoms with van der Waals surface area (Å²) in [4.78, 5) is 56.2. The van der Waals surface area contributed by atoms with Gasteiger partial charge in [-0.2, -0.15) is 9.97 Å². The molecule has 6 unspecified atom stereocenters. The number of aromatic nitrogens is 8. The molecular weight excluding hydrogens is 698 g/mol. The standard InChI is InChI=1S/C20H24N10O12P2S2/c21-19-25-13-7(15(33)27-19)23-3-29(13)17-9(31)11-5(39-17)1-37-43(35,45)42-12-6(2-38-44(36,46)41-11)40-18(10(12)32)30-4-24-8-14(30)26-20(22)28-16(8)34/h3-6,9-12,17-18,31-32H,1-2H2,(H,35,45)(H,36,46)(H3,21,25,27,33)(H3,22,26,28,34)/t5-,6+,9?,10?,11?,12?,17-,18-,43?,44?/m1/s1. The van der Waals surface area contributed by atoms with Gasteiger partial charge >= 0.3 is 13.5 Å². The fourth-order valence-electron chi connectivity index (χ4n) is 5.39. The van der Waals surface area contributed by atoms with Gasteiger partial charge in [-0.25, -0.2) is 14.5 Å². The Labute approximate surface area is 264 Å². The van der Waals surface area contributed by atoms with E-state index in [1.165, 1.54) is 21.8 Å². The van der Waals surface area contributed by atoms with Gasteiger partial charge in [0.2, 0.25) is 11.9 Å². The molecule has 22 nitrogen and oxygen atoms in total. The van der Waals surface area contributed by atoms with Crippen molar-refractivity contribution in [2.45, 2.75) is 49.1 Å². The Morgan fingerprint density at radius 1 is 0.870 bits per heavy atom. The quantitative estimate of drug-likeness (QED) is 0.0820. The van der Waals surface area contributed by atoms with Crippen LogP contribution in [0, 0.1) is 0 Å². The third kappa shape index (κ3) is 5.57. The minimum atomic E-state index is -4.35. The molecule has 4 aromatic heterocycles. The smallest absolute Gasteiger partial charge is 0.386 e. The van der Waals surface area contributed by atoms with E-state index in [0.717, 1.165) is 0 Å². The Morgan fingerprint density at radius 2 is 1.33 bits per heavy atom. The SMILES string of the molecule is Nc1nc2c(ncn2[C@@H]2O[C@H]3COP(O)(=S)OC4C(O)[C@H](n5cnc6c(=O)[nH]c(N)nc65)O[C@@H]4COP(=O)(S)OC3C2O)c(=O)[nH]1. The predicted octanol–water partition coefficient (Wildman–Crippen LogP) is -1.99. The first-order valence-corrected chi connectivity index (χ1v) is 18.4. The molecule has 248 valence electrons. The zero-order valence-electron chi connectivity index (χ0n) is 22.8. The minimum Gasteiger partial charge on any atom is -0.386 e. The van der Waals surface area contributed by atoms with Crippen molar-refractivity contribution in [1.29, 1.82) is 0 Å². The predicted molar refractivity (Wildman–Crippen MR) is 160 cm³/mol. The molecule has 0 radical (unpaired) electrons. The number of nitrogens with two attached hydrogens (primary N) is 2. The second-order valence-corrected chi connectivity index (χ2v) is 16.0. The maximum Gasteiger partial charge on any atom is 0.386 e. The van der Waals surface area contributed by atoms with Gasteiger partial charge in [0.1, 0.15) is 36.6 Å². The third-order valence-corrected chi connectivity index (χ3v) is 10.6. The van der Waals surface area contributed by atoms with Crippen molar-refractivity contribution in [1.82, 2.24) is 39.0 Å². The highest BCUT2D eigenvalue weighted by Crippen LogP contribution is 2.58. The van der Waals surface area contributed by atoms with Crippen molar-refractivity contribution in [2.75, 3.05) is 24.7 Å². The number of nitrogen functional groups attached to an aromatic ring is 2. The van der Waals surface area contributed by atoms with E-state index in [1.807, 2.05) is 0 Å². The van der Waals surface area contributed by atoms with Crippen LogP contribution in [-0.4, -0.2) is 104 Å². The van der Waals surface area contributed by atoms with Crippen molar-refractivity contribution in [3.63, 3.8) is 0 Å². The monoisotopic (exact) mass is 722 g/mol. The number of thiol groups is 1. The molecule has 0 aliphatic carbocycles. The minimum absolute atomic E-state index is 0.0342. The molecule has 3 aliphatic rings. The van der Waals surface area contributed by atoms with Crippen LogP contribution in [0.4, 0.5) is 11.9 Å². The molecule has 9 N–H and O–H groups in total. The maximum atomic E-state index is 13.4. The Hall–Kier alpha value is -2.83. The maximum absolute atomic E-state index is 13.4. The zero-order chi connectivity index (χ0) is 32.7. The molecule has 0 saturated carbocycles. The molecule has 4 aromatic rings. The Bertz CT molecular complexity index is 1910. The van der Waals surface area contributed by atoms with Gasteiger partial charge in [0, 0.05) is 0 Å². The van der Waals surface area contributed by atoms with Gasteiger partial charge in [0.05, 0.1) is 25.9 Å². The van der Waals surface area contributed by atoms with Crippen LogP contribution >= 0.6 is 25.8 Å². The molecule has 3 aliphatic heterocycles. The number of anilines is 2. The molecule has 26 heteroatoms. The van der Waals surface area contributed by atoms with E-state index in [4.69, 9.17) is 50.8 Å². The molecule has 46 heavy (non-hydrogen) atoms. The summed E-state index contributed by atoms with van der Waals surface area (Å²) in [6.07, 6.45) is -9.01. The summed E-state index contributed by atoms with van der Waals surface area (Å²) >= 11 is 9.24. The van der Waals surface area contributed by atoms with Gasteiger partial charge in [-0.05, 0) is 11.8 Å². The van der Waals surface area contributed by atoms with Crippen LogP contribution in [-0.2, 0) is 43.9 Å². The van der Waals surface area contributed by atoms with Crippen LogP contribution in [0.3, 0.4) is 0 Å². The molecule has 3 saturated heterocycles. The lowest BCUT2D eigenvalue weighted by Crippen LogP contribution is -2.38. The highest BCUT2D eigenvalue weighted by molar-refractivity contribution is 8.44. The number of aliphatic hydroxyl groups is 2. The third-order valence-electron chi connectivity index (χ3n) is 7.38. The van der Waals surface area contributed by atoms with Gasteiger partial charge in [-0.15, -0.1) is 0 Å². The lowest BCUT2D eigenvalue weighted by atomic mass is 10.1. The van der Waals surface area contributed by atoms with E-state index >= 15 is 0 Å². The number of fused-ring (bicyclic) bond motifs is 4. The summed E-state index contributed by atoms with van der Waals surface area (Å²) < 4.78 is 50.0. The fourth-order valence-corrected chi connectivity index (χ4v) is 8.33. The van der Waals surface area contributed by atoms with Crippen LogP contribution in [0.15, 0.2) is 22.2 Å². The van der Waals surface area contributed by atoms with Gasteiger partial charge in [-0.3, -0.25) is 42.3 Å². The number of H-pyrrole nitrogens is 2. The number of hydrogen-bond donors (Lipinski definition) is 8. The van der Waals surface area contributed by atoms with Gasteiger partial charge < -0.3 is 40.6 Å². The lowest BCUT2D eigenvalue weighted by Gasteiger charge is -2.29. The van der Waals surface area contributed by atoms with Crippen LogP contribution in [0.1, 0.15) is 12.5 Å². The summed E-state index contributed by atoms with van der Waals surface area (Å²) in [6.45, 7) is -9.76. The van der Waals surface area contributed by atoms with Crippen LogP contribution < -0.4 is 22.6 Å². The van der Waals surface area contributed by atoms with E-state index < -0.39 is 86.9 Å². The first kappa shape index (κ1) is 31.8. The number of aliphatic hydroxyl groups excluding tert-OH is 2. The van der Waals surface area contributed by atoms with E-state index in [0.29, 0.717) is 0 Å². The molecule has 10 atom stereocenters. The van der Waals surface area contributed by atoms with Gasteiger partial charge in [-0.1, -0.05) is 12.2 Å². The molecule has 7 heterocycles. The number of aromatic amines is 2. The average molecular weight is 723 g/mol. The Morgan fingerprint density at radius 3 is 1.83 bits per heavy atom. The normalized spacial score (nSPS) is 37.1. The van der Waals surface area contributed by atoms with Crippen molar-refractivity contribution in [2.24, 2.45) is 0 Å². The fraction of sp³-hybridized carbons (Fsp3) is 0.500. The first-order chi connectivity index (χ1) is 21.7. The van der Waals surface area contributed by atoms with Crippen molar-refractivity contribution in [3.8, 4) is 0 Å². The molecule has 3 fully saturated rings. The molecule has 0 spiro atoms. The largest absolute Gasteiger partial charge is 0.386 e.